The van der Waals surface area contributed by atoms with Crippen LogP contribution in [-0.2, 0) is 0 Å². The molecule has 0 nitrogen and oxygen atoms in total. The molecule has 0 aliphatic heterocycles. The summed E-state index contributed by atoms with van der Waals surface area (Å²) >= 11 is 1.11. The van der Waals surface area contributed by atoms with Gasteiger partial charge in [-0.1, -0.05) is 0 Å². The molecule has 4 heavy (non-hydrogen) atoms. The van der Waals surface area contributed by atoms with E-state index in [1.54, 1.807) is 0 Å². The summed E-state index contributed by atoms with van der Waals surface area (Å²) in [6.07, 6.45) is 1.40. The van der Waals surface area contributed by atoms with Gasteiger partial charge in [-0.3, -0.25) is 0 Å². The summed E-state index contributed by atoms with van der Waals surface area (Å²) in [7, 11) is 0. The van der Waals surface area contributed by atoms with Gasteiger partial charge in [0.05, 0.1) is 0 Å². The Morgan fingerprint density at radius 2 is 2.00 bits per heavy atom. The Hall–Kier alpha value is 0.636. The van der Waals surface area contributed by atoms with E-state index in [1.807, 2.05) is 0 Å². The van der Waals surface area contributed by atoms with Crippen LogP contribution in [0, 0.1) is 0 Å². The van der Waals surface area contributed by atoms with E-state index in [4.69, 9.17) is 0 Å². The van der Waals surface area contributed by atoms with Crippen LogP contribution in [0.1, 0.15) is 13.3 Å². The fourth-order valence-corrected chi connectivity index (χ4v) is 0. The summed E-state index contributed by atoms with van der Waals surface area (Å²) < 4.78 is 0. The van der Waals surface area contributed by atoms with Gasteiger partial charge in [-0.2, -0.15) is 0 Å². The molecule has 0 aliphatic rings. The fraction of sp³-hybridized carbons (Fsp3) is 1.00. The van der Waals surface area contributed by atoms with Gasteiger partial charge in [0.2, 0.25) is 0 Å². The van der Waals surface area contributed by atoms with Crippen molar-refractivity contribution in [3.05, 3.63) is 0 Å². The van der Waals surface area contributed by atoms with E-state index in [2.05, 4.69) is 6.92 Å². The predicted molar refractivity (Wildman–Crippen MR) is 23.6 cm³/mol. The zero-order valence-electron chi connectivity index (χ0n) is 3.41. The number of rotatable bonds is 1. The van der Waals surface area contributed by atoms with Gasteiger partial charge in [-0.25, -0.2) is 0 Å². The Kier molecular flexibility index (Phi) is 4.21. The first kappa shape index (κ1) is 4.64. The van der Waals surface area contributed by atoms with Gasteiger partial charge in [-0.05, 0) is 0 Å². The van der Waals surface area contributed by atoms with Gasteiger partial charge < -0.3 is 0 Å². The third-order valence-electron chi connectivity index (χ3n) is 0.500. The molecule has 0 saturated heterocycles. The first-order chi connectivity index (χ1) is 1.91. The monoisotopic (exact) mass is 114 g/mol. The molecule has 0 spiro atoms. The van der Waals surface area contributed by atoms with Gasteiger partial charge in [0.15, 0.2) is 0 Å². The molecule has 0 amide bonds. The van der Waals surface area contributed by atoms with E-state index in [0.29, 0.717) is 0 Å². The summed E-state index contributed by atoms with van der Waals surface area (Å²) in [5, 5.41) is 0. The quantitative estimate of drug-likeness (QED) is 0.435. The van der Waals surface area contributed by atoms with Crippen molar-refractivity contribution < 1.29 is 0 Å². The van der Waals surface area contributed by atoms with E-state index in [0.717, 1.165) is 18.6 Å². The van der Waals surface area contributed by atoms with Crippen LogP contribution in [0.4, 0.5) is 0 Å². The molecular weight excluding hydrogens is 106 g/mol. The van der Waals surface area contributed by atoms with Crippen molar-refractivity contribution in [1.82, 2.24) is 0 Å². The third-order valence-corrected chi connectivity index (χ3v) is 2.60. The van der Waals surface area contributed by atoms with Gasteiger partial charge in [0, 0.05) is 0 Å². The fourth-order valence-electron chi connectivity index (χ4n) is 0. The average Bonchev–Trinajstić information content (AvgIpc) is 1.37. The molecule has 0 saturated carbocycles. The number of hydrogen-bond donors (Lipinski definition) is 0. The Balaban J connectivity index is 1.97. The van der Waals surface area contributed by atoms with Gasteiger partial charge >= 0.3 is 36.9 Å². The van der Waals surface area contributed by atoms with Crippen LogP contribution in [-0.4, -0.2) is 18.6 Å². The van der Waals surface area contributed by atoms with E-state index in [1.165, 1.54) is 11.4 Å². The second-order valence-corrected chi connectivity index (χ2v) is 3.10. The molecule has 0 aromatic heterocycles. The van der Waals surface area contributed by atoms with Crippen LogP contribution in [0.15, 0.2) is 0 Å². The van der Waals surface area contributed by atoms with Gasteiger partial charge in [0.1, 0.15) is 0 Å². The molecule has 0 aliphatic carbocycles. The molecule has 0 aromatic carbocycles. The van der Waals surface area contributed by atoms with Gasteiger partial charge in [0.25, 0.3) is 0 Å². The van der Waals surface area contributed by atoms with Crippen molar-refractivity contribution in [2.45, 2.75) is 18.3 Å². The maximum absolute atomic E-state index is 2.23. The molecule has 24 valence electrons. The van der Waals surface area contributed by atoms with E-state index in [-0.39, 0.29) is 0 Å². The third kappa shape index (κ3) is 2.64. The summed E-state index contributed by atoms with van der Waals surface area (Å²) in [5.74, 6) is 0. The van der Waals surface area contributed by atoms with E-state index >= 15 is 0 Å². The Bertz CT molecular complexity index is 5.25. The Morgan fingerprint density at radius 1 is 1.75 bits per heavy atom. The van der Waals surface area contributed by atoms with Crippen molar-refractivity contribution in [2.75, 3.05) is 0 Å². The molecule has 0 rings (SSSR count). The van der Waals surface area contributed by atoms with E-state index < -0.39 is 0 Å². The predicted octanol–water partition coefficient (Wildman–Crippen LogP) is 0.448. The summed E-state index contributed by atoms with van der Waals surface area (Å²) in [4.78, 5) is 1.51. The van der Waals surface area contributed by atoms with Crippen molar-refractivity contribution in [1.29, 1.82) is 0 Å². The minimum atomic E-state index is 1.11. The molecule has 0 atom stereocenters. The van der Waals surface area contributed by atoms with Crippen LogP contribution < -0.4 is 0 Å². The Labute approximate surface area is 37.5 Å². The van der Waals surface area contributed by atoms with E-state index in [9.17, 15) is 0 Å². The van der Waals surface area contributed by atoms with Crippen molar-refractivity contribution in [2.24, 2.45) is 0 Å². The first-order valence-corrected chi connectivity index (χ1v) is 4.88. The first-order valence-electron chi connectivity index (χ1n) is 1.91. The second kappa shape index (κ2) is 3.64. The molecule has 1 heteroatoms. The average molecular weight is 115 g/mol. The van der Waals surface area contributed by atoms with Crippen molar-refractivity contribution >= 4 is 18.6 Å². The molecule has 0 fully saturated rings. The molecular formula is C3H9Ga. The van der Waals surface area contributed by atoms with Crippen LogP contribution in [0.3, 0.4) is 0 Å². The summed E-state index contributed by atoms with van der Waals surface area (Å²) in [6, 6.07) is 0. The normalized spacial score (nSPS) is 7.25. The molecule has 0 aromatic rings. The SMILES string of the molecule is CC[CH2][GaH2]. The second-order valence-electron chi connectivity index (χ2n) is 1.000. The molecule has 0 radical (unpaired) electrons. The molecule has 0 N–H and O–H groups in total. The summed E-state index contributed by atoms with van der Waals surface area (Å²) in [6.45, 7) is 2.23. The molecule has 0 heterocycles. The summed E-state index contributed by atoms with van der Waals surface area (Å²) in [5.41, 5.74) is 0. The molecule has 0 bridgehead atoms. The van der Waals surface area contributed by atoms with Crippen molar-refractivity contribution in [3.63, 3.8) is 0 Å². The maximum atomic E-state index is 2.23. The topological polar surface area (TPSA) is 0 Å². The van der Waals surface area contributed by atoms with Crippen LogP contribution in [0.25, 0.3) is 0 Å². The standard InChI is InChI=1S/C3H7.Ga.2H/c1-3-2;;;/h1,3H2,2H3;;;. The van der Waals surface area contributed by atoms with Crippen LogP contribution >= 0.6 is 0 Å². The number of hydrogen-bond acceptors (Lipinski definition) is 0. The Morgan fingerprint density at radius 3 is 2.00 bits per heavy atom. The zero-order chi connectivity index (χ0) is 3.41. The van der Waals surface area contributed by atoms with Crippen LogP contribution in [0.5, 0.6) is 0 Å². The van der Waals surface area contributed by atoms with Crippen molar-refractivity contribution in [3.8, 4) is 0 Å². The molecule has 0 unspecified atom stereocenters. The zero-order valence-corrected chi connectivity index (χ0v) is 7.61. The minimum absolute atomic E-state index is 1.11. The van der Waals surface area contributed by atoms with Gasteiger partial charge in [-0.15, -0.1) is 0 Å². The van der Waals surface area contributed by atoms with Crippen LogP contribution in [0.2, 0.25) is 4.98 Å².